The van der Waals surface area contributed by atoms with Gasteiger partial charge in [-0.15, -0.1) is 12.4 Å². The molecule has 0 aromatic heterocycles. The topological polar surface area (TPSA) is 82.3 Å². The zero-order valence-corrected chi connectivity index (χ0v) is 14.6. The molecule has 0 aliphatic carbocycles. The van der Waals surface area contributed by atoms with Gasteiger partial charge in [0.1, 0.15) is 0 Å². The second kappa shape index (κ2) is 12.9. The quantitative estimate of drug-likeness (QED) is 0.490. The minimum absolute atomic E-state index is 0. The molecule has 130 valence electrons. The lowest BCUT2D eigenvalue weighted by Gasteiger charge is -2.12. The summed E-state index contributed by atoms with van der Waals surface area (Å²) in [6, 6.07) is 7.18. The van der Waals surface area contributed by atoms with Crippen LogP contribution in [0.4, 0.5) is 11.4 Å². The summed E-state index contributed by atoms with van der Waals surface area (Å²) in [5, 5.41) is 11.7. The Morgan fingerprint density at radius 2 is 1.22 bits per heavy atom. The van der Waals surface area contributed by atoms with Crippen molar-refractivity contribution < 1.29 is 9.59 Å². The van der Waals surface area contributed by atoms with Crippen molar-refractivity contribution >= 4 is 35.6 Å². The molecule has 23 heavy (non-hydrogen) atoms. The number of hydrogen-bond donors (Lipinski definition) is 4. The molecule has 0 radical (unpaired) electrons. The zero-order chi connectivity index (χ0) is 16.2. The highest BCUT2D eigenvalue weighted by Gasteiger charge is 2.08. The first-order valence-electron chi connectivity index (χ1n) is 7.77. The van der Waals surface area contributed by atoms with Crippen LogP contribution in [0.2, 0.25) is 0 Å². The summed E-state index contributed by atoms with van der Waals surface area (Å²) in [4.78, 5) is 23.7. The molecule has 4 N–H and O–H groups in total. The van der Waals surface area contributed by atoms with Crippen LogP contribution in [0, 0.1) is 0 Å². The molecule has 1 aromatic rings. The van der Waals surface area contributed by atoms with Crippen molar-refractivity contribution in [3.05, 3.63) is 24.3 Å². The van der Waals surface area contributed by atoms with Crippen molar-refractivity contribution in [2.45, 2.75) is 26.7 Å². The Labute approximate surface area is 144 Å². The highest BCUT2D eigenvalue weighted by atomic mass is 35.5. The zero-order valence-electron chi connectivity index (χ0n) is 13.8. The van der Waals surface area contributed by atoms with Gasteiger partial charge < -0.3 is 21.3 Å². The van der Waals surface area contributed by atoms with Gasteiger partial charge in [-0.1, -0.05) is 26.0 Å². The molecule has 0 saturated heterocycles. The predicted molar refractivity (Wildman–Crippen MR) is 97.3 cm³/mol. The number of halogens is 1. The van der Waals surface area contributed by atoms with E-state index in [-0.39, 0.29) is 37.3 Å². The number of rotatable bonds is 10. The van der Waals surface area contributed by atoms with Gasteiger partial charge in [-0.2, -0.15) is 0 Å². The summed E-state index contributed by atoms with van der Waals surface area (Å²) in [5.74, 6) is -0.251. The summed E-state index contributed by atoms with van der Waals surface area (Å²) in [6.45, 7) is 6.21. The number of amides is 2. The maximum Gasteiger partial charge on any atom is 0.238 e. The average Bonchev–Trinajstić information content (AvgIpc) is 2.50. The van der Waals surface area contributed by atoms with E-state index in [1.165, 1.54) is 0 Å². The third-order valence-electron chi connectivity index (χ3n) is 2.90. The van der Waals surface area contributed by atoms with E-state index < -0.39 is 0 Å². The molecule has 2 amide bonds. The van der Waals surface area contributed by atoms with Gasteiger partial charge in [0.05, 0.1) is 24.5 Å². The maximum absolute atomic E-state index is 11.8. The van der Waals surface area contributed by atoms with Gasteiger partial charge >= 0.3 is 0 Å². The van der Waals surface area contributed by atoms with Gasteiger partial charge in [0.15, 0.2) is 0 Å². The van der Waals surface area contributed by atoms with E-state index in [1.807, 2.05) is 26.0 Å². The van der Waals surface area contributed by atoms with Gasteiger partial charge in [0, 0.05) is 0 Å². The number of nitrogens with one attached hydrogen (secondary N) is 4. The van der Waals surface area contributed by atoms with Crippen molar-refractivity contribution in [3.8, 4) is 0 Å². The van der Waals surface area contributed by atoms with Gasteiger partial charge in [-0.25, -0.2) is 0 Å². The van der Waals surface area contributed by atoms with Crippen LogP contribution in [-0.2, 0) is 9.59 Å². The summed E-state index contributed by atoms with van der Waals surface area (Å²) in [6.07, 6.45) is 1.95. The normalized spacial score (nSPS) is 9.83. The highest BCUT2D eigenvalue weighted by Crippen LogP contribution is 2.20. The molecule has 0 fully saturated rings. The predicted octanol–water partition coefficient (Wildman–Crippen LogP) is 1.98. The monoisotopic (exact) mass is 342 g/mol. The minimum atomic E-state index is -0.126. The number of para-hydroxylation sites is 2. The Kier molecular flexibility index (Phi) is 12.0. The molecule has 7 heteroatoms. The molecule has 6 nitrogen and oxygen atoms in total. The van der Waals surface area contributed by atoms with Gasteiger partial charge in [-0.05, 0) is 38.1 Å². The largest absolute Gasteiger partial charge is 0.323 e. The van der Waals surface area contributed by atoms with Crippen LogP contribution in [0.1, 0.15) is 26.7 Å². The van der Waals surface area contributed by atoms with Gasteiger partial charge in [0.2, 0.25) is 11.8 Å². The first kappa shape index (κ1) is 21.4. The van der Waals surface area contributed by atoms with E-state index in [0.29, 0.717) is 11.4 Å². The standard InChI is InChI=1S/C16H26N4O2.ClH/c1-3-9-17-11-15(21)19-13-7-5-6-8-14(13)20-16(22)12-18-10-4-2;/h5-8,17-18H,3-4,9-12H2,1-2H3,(H,19,21)(H,20,22);1H. The summed E-state index contributed by atoms with van der Waals surface area (Å²) in [7, 11) is 0. The van der Waals surface area contributed by atoms with Crippen LogP contribution in [0.25, 0.3) is 0 Å². The number of anilines is 2. The fraction of sp³-hybridized carbons (Fsp3) is 0.500. The summed E-state index contributed by atoms with van der Waals surface area (Å²) < 4.78 is 0. The van der Waals surface area contributed by atoms with Gasteiger partial charge in [0.25, 0.3) is 0 Å². The molecule has 0 bridgehead atoms. The fourth-order valence-electron chi connectivity index (χ4n) is 1.85. The first-order valence-corrected chi connectivity index (χ1v) is 7.77. The molecule has 0 aliphatic rings. The SMILES string of the molecule is CCCNCC(=O)Nc1ccccc1NC(=O)CNCCC.Cl. The second-order valence-electron chi connectivity index (χ2n) is 5.00. The van der Waals surface area contributed by atoms with Crippen molar-refractivity contribution in [1.82, 2.24) is 10.6 Å². The molecule has 1 rings (SSSR count). The van der Waals surface area contributed by atoms with Crippen LogP contribution < -0.4 is 21.3 Å². The molecule has 0 spiro atoms. The van der Waals surface area contributed by atoms with Crippen LogP contribution in [0.15, 0.2) is 24.3 Å². The van der Waals surface area contributed by atoms with Crippen LogP contribution >= 0.6 is 12.4 Å². The van der Waals surface area contributed by atoms with Gasteiger partial charge in [-0.3, -0.25) is 9.59 Å². The molecule has 0 saturated carbocycles. The number of carbonyl (C=O) groups excluding carboxylic acids is 2. The molecule has 0 heterocycles. The Bertz CT molecular complexity index is 440. The third-order valence-corrected chi connectivity index (χ3v) is 2.90. The van der Waals surface area contributed by atoms with Crippen LogP contribution in [0.3, 0.4) is 0 Å². The lowest BCUT2D eigenvalue weighted by molar-refractivity contribution is -0.116. The van der Waals surface area contributed by atoms with Crippen molar-refractivity contribution in [2.75, 3.05) is 36.8 Å². The third kappa shape index (κ3) is 9.18. The molecule has 0 unspecified atom stereocenters. The molecule has 1 aromatic carbocycles. The Hall–Kier alpha value is -1.63. The Balaban J connectivity index is 0.00000484. The lowest BCUT2D eigenvalue weighted by Crippen LogP contribution is -2.30. The first-order chi connectivity index (χ1) is 10.7. The van der Waals surface area contributed by atoms with E-state index in [1.54, 1.807) is 12.1 Å². The minimum Gasteiger partial charge on any atom is -0.323 e. The second-order valence-corrected chi connectivity index (χ2v) is 5.00. The molecule has 0 atom stereocenters. The van der Waals surface area contributed by atoms with Crippen molar-refractivity contribution in [3.63, 3.8) is 0 Å². The van der Waals surface area contributed by atoms with E-state index >= 15 is 0 Å². The Morgan fingerprint density at radius 3 is 1.57 bits per heavy atom. The van der Waals surface area contributed by atoms with E-state index in [4.69, 9.17) is 0 Å². The smallest absolute Gasteiger partial charge is 0.238 e. The van der Waals surface area contributed by atoms with Crippen LogP contribution in [0.5, 0.6) is 0 Å². The maximum atomic E-state index is 11.8. The molecular formula is C16H27ClN4O2. The van der Waals surface area contributed by atoms with E-state index in [2.05, 4.69) is 21.3 Å². The van der Waals surface area contributed by atoms with Crippen molar-refractivity contribution in [2.24, 2.45) is 0 Å². The number of carbonyl (C=O) groups is 2. The molecular weight excluding hydrogens is 316 g/mol. The van der Waals surface area contributed by atoms with Crippen LogP contribution in [-0.4, -0.2) is 38.0 Å². The number of hydrogen-bond acceptors (Lipinski definition) is 4. The summed E-state index contributed by atoms with van der Waals surface area (Å²) in [5.41, 5.74) is 1.21. The van der Waals surface area contributed by atoms with Crippen molar-refractivity contribution in [1.29, 1.82) is 0 Å². The van der Waals surface area contributed by atoms with E-state index in [0.717, 1.165) is 25.9 Å². The van der Waals surface area contributed by atoms with E-state index in [9.17, 15) is 9.59 Å². The summed E-state index contributed by atoms with van der Waals surface area (Å²) >= 11 is 0. The average molecular weight is 343 g/mol. The molecule has 0 aliphatic heterocycles. The highest BCUT2D eigenvalue weighted by molar-refractivity contribution is 6.00. The fourth-order valence-corrected chi connectivity index (χ4v) is 1.85. The Morgan fingerprint density at radius 1 is 0.826 bits per heavy atom. The number of benzene rings is 1. The lowest BCUT2D eigenvalue weighted by atomic mass is 10.2.